The molecule has 0 saturated heterocycles. The zero-order chi connectivity index (χ0) is 22.6. The quantitative estimate of drug-likeness (QED) is 0.630. The molecule has 31 heavy (non-hydrogen) atoms. The molecule has 0 fully saturated rings. The van der Waals surface area contributed by atoms with Crippen LogP contribution in [-0.4, -0.2) is 35.3 Å². The first-order valence-corrected chi connectivity index (χ1v) is 10.2. The van der Waals surface area contributed by atoms with E-state index in [4.69, 9.17) is 16.4 Å². The Labute approximate surface area is 183 Å². The minimum Gasteiger partial charge on any atom is -0.390 e. The number of amides is 2. The molecule has 3 rings (SSSR count). The smallest absolute Gasteiger partial charge is 0.390 e. The highest BCUT2D eigenvalue weighted by atomic mass is 35.5. The lowest BCUT2D eigenvalue weighted by Gasteiger charge is -2.26. The maximum absolute atomic E-state index is 12.8. The van der Waals surface area contributed by atoms with Gasteiger partial charge >= 0.3 is 12.2 Å². The van der Waals surface area contributed by atoms with Crippen LogP contribution < -0.4 is 5.32 Å². The van der Waals surface area contributed by atoms with Crippen LogP contribution in [0.2, 0.25) is 5.02 Å². The molecule has 0 spiro atoms. The van der Waals surface area contributed by atoms with Crippen molar-refractivity contribution in [2.75, 3.05) is 6.54 Å². The lowest BCUT2D eigenvalue weighted by atomic mass is 10.0. The molecular formula is C22H23ClF3N3O2. The summed E-state index contributed by atoms with van der Waals surface area (Å²) in [5.74, 6) is 0. The number of hydrogen-bond acceptors (Lipinski definition) is 3. The number of nitrogens with zero attached hydrogens (tertiary/aromatic N) is 2. The first-order valence-electron chi connectivity index (χ1n) is 9.82. The Morgan fingerprint density at radius 3 is 2.42 bits per heavy atom. The lowest BCUT2D eigenvalue weighted by molar-refractivity contribution is -0.137. The molecule has 0 radical (unpaired) electrons. The van der Waals surface area contributed by atoms with Gasteiger partial charge in [0, 0.05) is 24.0 Å². The van der Waals surface area contributed by atoms with E-state index in [1.807, 2.05) is 26.0 Å². The van der Waals surface area contributed by atoms with Crippen molar-refractivity contribution >= 4 is 23.3 Å². The number of urea groups is 1. The van der Waals surface area contributed by atoms with Crippen molar-refractivity contribution in [3.8, 4) is 0 Å². The van der Waals surface area contributed by atoms with E-state index >= 15 is 0 Å². The van der Waals surface area contributed by atoms with E-state index in [1.165, 1.54) is 17.0 Å². The Hall–Kier alpha value is -2.74. The summed E-state index contributed by atoms with van der Waals surface area (Å²) < 4.78 is 38.4. The van der Waals surface area contributed by atoms with E-state index in [2.05, 4.69) is 10.5 Å². The number of alkyl halides is 3. The third-order valence-corrected chi connectivity index (χ3v) is 4.94. The molecule has 9 heteroatoms. The summed E-state index contributed by atoms with van der Waals surface area (Å²) in [7, 11) is 0. The number of oxime groups is 1. The normalized spacial score (nSPS) is 16.1. The van der Waals surface area contributed by atoms with E-state index in [0.717, 1.165) is 23.4 Å². The van der Waals surface area contributed by atoms with Crippen LogP contribution in [0.1, 0.15) is 37.0 Å². The summed E-state index contributed by atoms with van der Waals surface area (Å²) >= 11 is 5.92. The van der Waals surface area contributed by atoms with Crippen LogP contribution in [-0.2, 0) is 17.6 Å². The SMILES string of the molecule is CC(C)NC(=O)N(Cc1ccc(C(F)(F)F)cc1)CC1CC(c2ccc(Cl)cc2)=NO1. The highest BCUT2D eigenvalue weighted by Gasteiger charge is 2.30. The van der Waals surface area contributed by atoms with Gasteiger partial charge in [-0.25, -0.2) is 4.79 Å². The molecule has 1 aliphatic rings. The molecule has 0 saturated carbocycles. The molecule has 1 heterocycles. The van der Waals surface area contributed by atoms with E-state index in [0.29, 0.717) is 17.0 Å². The summed E-state index contributed by atoms with van der Waals surface area (Å²) in [5, 5.41) is 7.57. The van der Waals surface area contributed by atoms with Gasteiger partial charge in [-0.2, -0.15) is 13.2 Å². The number of benzene rings is 2. The molecule has 1 N–H and O–H groups in total. The maximum atomic E-state index is 12.8. The van der Waals surface area contributed by atoms with Gasteiger partial charge in [-0.3, -0.25) is 0 Å². The molecule has 0 bridgehead atoms. The van der Waals surface area contributed by atoms with Gasteiger partial charge in [0.25, 0.3) is 0 Å². The van der Waals surface area contributed by atoms with Crippen LogP contribution >= 0.6 is 11.6 Å². The van der Waals surface area contributed by atoms with E-state index < -0.39 is 11.7 Å². The largest absolute Gasteiger partial charge is 0.416 e. The second kappa shape index (κ2) is 9.60. The van der Waals surface area contributed by atoms with Gasteiger partial charge in [0.05, 0.1) is 17.8 Å². The third kappa shape index (κ3) is 6.37. The molecule has 166 valence electrons. The average Bonchev–Trinajstić information content (AvgIpc) is 3.16. The van der Waals surface area contributed by atoms with Gasteiger partial charge < -0.3 is 15.1 Å². The van der Waals surface area contributed by atoms with Crippen molar-refractivity contribution < 1.29 is 22.8 Å². The Balaban J connectivity index is 1.68. The Morgan fingerprint density at radius 2 is 1.84 bits per heavy atom. The molecule has 1 aliphatic heterocycles. The first-order chi connectivity index (χ1) is 14.6. The zero-order valence-corrected chi connectivity index (χ0v) is 17.9. The molecule has 2 aromatic rings. The monoisotopic (exact) mass is 453 g/mol. The molecular weight excluding hydrogens is 431 g/mol. The molecule has 0 aromatic heterocycles. The minimum absolute atomic E-state index is 0.0898. The molecule has 1 atom stereocenters. The highest BCUT2D eigenvalue weighted by Crippen LogP contribution is 2.29. The topological polar surface area (TPSA) is 53.9 Å². The van der Waals surface area contributed by atoms with E-state index in [-0.39, 0.29) is 31.3 Å². The summed E-state index contributed by atoms with van der Waals surface area (Å²) in [6, 6.07) is 11.6. The minimum atomic E-state index is -4.40. The highest BCUT2D eigenvalue weighted by molar-refractivity contribution is 6.30. The lowest BCUT2D eigenvalue weighted by Crippen LogP contribution is -2.45. The number of rotatable bonds is 6. The van der Waals surface area contributed by atoms with Crippen molar-refractivity contribution in [2.24, 2.45) is 5.16 Å². The molecule has 2 aromatic carbocycles. The Morgan fingerprint density at radius 1 is 1.19 bits per heavy atom. The van der Waals surface area contributed by atoms with Crippen LogP contribution in [0.4, 0.5) is 18.0 Å². The second-order valence-corrected chi connectivity index (χ2v) is 8.09. The molecule has 0 aliphatic carbocycles. The van der Waals surface area contributed by atoms with Crippen molar-refractivity contribution in [3.05, 3.63) is 70.2 Å². The third-order valence-electron chi connectivity index (χ3n) is 4.69. The zero-order valence-electron chi connectivity index (χ0n) is 17.1. The van der Waals surface area contributed by atoms with Crippen molar-refractivity contribution in [3.63, 3.8) is 0 Å². The van der Waals surface area contributed by atoms with Gasteiger partial charge in [-0.05, 0) is 49.2 Å². The maximum Gasteiger partial charge on any atom is 0.416 e. The van der Waals surface area contributed by atoms with Gasteiger partial charge in [-0.15, -0.1) is 0 Å². The summed E-state index contributed by atoms with van der Waals surface area (Å²) in [6.07, 6.45) is -4.27. The van der Waals surface area contributed by atoms with Gasteiger partial charge in [0.2, 0.25) is 0 Å². The van der Waals surface area contributed by atoms with Crippen LogP contribution in [0, 0.1) is 0 Å². The van der Waals surface area contributed by atoms with Crippen molar-refractivity contribution in [1.29, 1.82) is 0 Å². The average molecular weight is 454 g/mol. The van der Waals surface area contributed by atoms with Crippen LogP contribution in [0.25, 0.3) is 0 Å². The Bertz CT molecular complexity index is 929. The fourth-order valence-electron chi connectivity index (χ4n) is 3.16. The van der Waals surface area contributed by atoms with Crippen LogP contribution in [0.15, 0.2) is 53.7 Å². The van der Waals surface area contributed by atoms with Crippen LogP contribution in [0.5, 0.6) is 0 Å². The van der Waals surface area contributed by atoms with Crippen molar-refractivity contribution in [1.82, 2.24) is 10.2 Å². The summed E-state index contributed by atoms with van der Waals surface area (Å²) in [6.45, 7) is 4.05. The molecule has 2 amide bonds. The second-order valence-electron chi connectivity index (χ2n) is 7.66. The number of carbonyl (C=O) groups is 1. The predicted octanol–water partition coefficient (Wildman–Crippen LogP) is 5.47. The number of carbonyl (C=O) groups excluding carboxylic acids is 1. The fraction of sp³-hybridized carbons (Fsp3) is 0.364. The Kier molecular flexibility index (Phi) is 7.10. The molecule has 1 unspecified atom stereocenters. The number of halogens is 4. The number of nitrogens with one attached hydrogen (secondary N) is 1. The standard InChI is InChI=1S/C22H23ClF3N3O2/c1-14(2)27-21(30)29(12-15-3-7-17(8-4-15)22(24,25)26)13-19-11-20(28-31-19)16-5-9-18(23)10-6-16/h3-10,14,19H,11-13H2,1-2H3,(H,27,30). The van der Waals surface area contributed by atoms with E-state index in [9.17, 15) is 18.0 Å². The van der Waals surface area contributed by atoms with Gasteiger partial charge in [0.15, 0.2) is 6.10 Å². The summed E-state index contributed by atoms with van der Waals surface area (Å²) in [4.78, 5) is 19.7. The van der Waals surface area contributed by atoms with Crippen molar-refractivity contribution in [2.45, 2.75) is 45.1 Å². The first kappa shape index (κ1) is 22.9. The van der Waals surface area contributed by atoms with Gasteiger partial charge in [0.1, 0.15) is 0 Å². The molecule has 5 nitrogen and oxygen atoms in total. The van der Waals surface area contributed by atoms with E-state index in [1.54, 1.807) is 12.1 Å². The van der Waals surface area contributed by atoms with Crippen LogP contribution in [0.3, 0.4) is 0 Å². The number of hydrogen-bond donors (Lipinski definition) is 1. The predicted molar refractivity (Wildman–Crippen MR) is 113 cm³/mol. The summed E-state index contributed by atoms with van der Waals surface area (Å²) in [5.41, 5.74) is 1.49. The fourth-order valence-corrected chi connectivity index (χ4v) is 3.29. The van der Waals surface area contributed by atoms with Gasteiger partial charge in [-0.1, -0.05) is 41.0 Å².